The Morgan fingerprint density at radius 3 is 2.80 bits per heavy atom. The monoisotopic (exact) mass is 136 g/mol. The van der Waals surface area contributed by atoms with Gasteiger partial charge in [0.1, 0.15) is 7.11 Å². The van der Waals surface area contributed by atoms with Crippen molar-refractivity contribution in [3.05, 3.63) is 30.1 Å². The number of hydrogen-bond acceptors (Lipinski definition) is 3. The van der Waals surface area contributed by atoms with Crippen molar-refractivity contribution in [2.24, 2.45) is 5.16 Å². The van der Waals surface area contributed by atoms with E-state index in [1.807, 2.05) is 12.1 Å². The fourth-order valence-electron chi connectivity index (χ4n) is 0.563. The van der Waals surface area contributed by atoms with Gasteiger partial charge >= 0.3 is 0 Å². The minimum atomic E-state index is 0.983. The van der Waals surface area contributed by atoms with Crippen LogP contribution >= 0.6 is 0 Å². The van der Waals surface area contributed by atoms with Gasteiger partial charge in [-0.15, -0.1) is 0 Å². The third-order valence-corrected chi connectivity index (χ3v) is 1.01. The predicted molar refractivity (Wildman–Crippen MR) is 38.8 cm³/mol. The molecule has 0 spiro atoms. The fourth-order valence-corrected chi connectivity index (χ4v) is 0.563. The van der Waals surface area contributed by atoms with Gasteiger partial charge in [-0.1, -0.05) is 5.16 Å². The zero-order valence-electron chi connectivity index (χ0n) is 5.69. The summed E-state index contributed by atoms with van der Waals surface area (Å²) < 4.78 is 0. The van der Waals surface area contributed by atoms with E-state index in [1.165, 1.54) is 7.11 Å². The molecule has 0 aliphatic carbocycles. The fraction of sp³-hybridized carbons (Fsp3) is 0.143. The van der Waals surface area contributed by atoms with Crippen molar-refractivity contribution < 1.29 is 4.84 Å². The van der Waals surface area contributed by atoms with Crippen LogP contribution in [0, 0.1) is 0 Å². The molecule has 0 aromatic carbocycles. The van der Waals surface area contributed by atoms with Crippen molar-refractivity contribution >= 4 is 6.21 Å². The molecule has 1 aromatic rings. The molecule has 0 amide bonds. The Bertz CT molecular complexity index is 208. The largest absolute Gasteiger partial charge is 0.399 e. The van der Waals surface area contributed by atoms with Crippen LogP contribution in [0.25, 0.3) is 0 Å². The predicted octanol–water partition coefficient (Wildman–Crippen LogP) is 1.06. The molecule has 52 valence electrons. The molecule has 3 heteroatoms. The molecule has 0 fully saturated rings. The van der Waals surface area contributed by atoms with Crippen LogP contribution in [-0.2, 0) is 4.84 Å². The summed E-state index contributed by atoms with van der Waals surface area (Å²) in [6, 6.07) is 3.70. The van der Waals surface area contributed by atoms with Gasteiger partial charge in [-0.2, -0.15) is 0 Å². The van der Waals surface area contributed by atoms with Gasteiger partial charge in [0.05, 0.1) is 6.21 Å². The van der Waals surface area contributed by atoms with E-state index in [9.17, 15) is 0 Å². The van der Waals surface area contributed by atoms with Gasteiger partial charge in [0, 0.05) is 12.4 Å². The highest BCUT2D eigenvalue weighted by atomic mass is 16.6. The van der Waals surface area contributed by atoms with Gasteiger partial charge in [0.15, 0.2) is 0 Å². The lowest BCUT2D eigenvalue weighted by molar-refractivity contribution is 0.215. The van der Waals surface area contributed by atoms with Crippen molar-refractivity contribution in [2.45, 2.75) is 0 Å². The first-order chi connectivity index (χ1) is 4.93. The van der Waals surface area contributed by atoms with E-state index in [0.717, 1.165) is 5.56 Å². The molecule has 0 N–H and O–H groups in total. The Morgan fingerprint density at radius 1 is 1.50 bits per heavy atom. The molecular weight excluding hydrogens is 128 g/mol. The average molecular weight is 136 g/mol. The van der Waals surface area contributed by atoms with Crippen LogP contribution in [-0.4, -0.2) is 18.3 Å². The van der Waals surface area contributed by atoms with Crippen LogP contribution in [0.4, 0.5) is 0 Å². The van der Waals surface area contributed by atoms with E-state index in [0.29, 0.717) is 0 Å². The van der Waals surface area contributed by atoms with Crippen molar-refractivity contribution in [3.63, 3.8) is 0 Å². The van der Waals surface area contributed by atoms with Crippen LogP contribution in [0.2, 0.25) is 0 Å². The summed E-state index contributed by atoms with van der Waals surface area (Å²) in [4.78, 5) is 8.35. The van der Waals surface area contributed by atoms with Gasteiger partial charge in [-0.05, 0) is 17.7 Å². The Balaban J connectivity index is 2.67. The minimum Gasteiger partial charge on any atom is -0.399 e. The van der Waals surface area contributed by atoms with Crippen LogP contribution < -0.4 is 0 Å². The third-order valence-electron chi connectivity index (χ3n) is 1.01. The number of rotatable bonds is 2. The Kier molecular flexibility index (Phi) is 2.43. The molecule has 0 unspecified atom stereocenters. The highest BCUT2D eigenvalue weighted by Crippen LogP contribution is 1.90. The SMILES string of the molecule is CON=Cc1ccncc1. The van der Waals surface area contributed by atoms with Gasteiger partial charge in [0.2, 0.25) is 0 Å². The maximum atomic E-state index is 4.49. The van der Waals surface area contributed by atoms with Gasteiger partial charge in [-0.25, -0.2) is 0 Å². The third kappa shape index (κ3) is 1.85. The maximum absolute atomic E-state index is 4.49. The summed E-state index contributed by atoms with van der Waals surface area (Å²) in [5, 5.41) is 3.59. The van der Waals surface area contributed by atoms with E-state index in [2.05, 4.69) is 15.0 Å². The summed E-state index contributed by atoms with van der Waals surface area (Å²) in [5.74, 6) is 0. The van der Waals surface area contributed by atoms with E-state index in [1.54, 1.807) is 18.6 Å². The zero-order valence-corrected chi connectivity index (χ0v) is 5.69. The Morgan fingerprint density at radius 2 is 2.20 bits per heavy atom. The molecular formula is C7H8N2O. The van der Waals surface area contributed by atoms with Crippen LogP contribution in [0.3, 0.4) is 0 Å². The molecule has 1 aromatic heterocycles. The second kappa shape index (κ2) is 3.61. The Labute approximate surface area is 59.3 Å². The van der Waals surface area contributed by atoms with Crippen LogP contribution in [0.1, 0.15) is 5.56 Å². The summed E-state index contributed by atoms with van der Waals surface area (Å²) in [5.41, 5.74) is 0.983. The van der Waals surface area contributed by atoms with Crippen molar-refractivity contribution in [2.75, 3.05) is 7.11 Å². The summed E-state index contributed by atoms with van der Waals surface area (Å²) in [7, 11) is 1.51. The lowest BCUT2D eigenvalue weighted by Gasteiger charge is -1.87. The molecule has 10 heavy (non-hydrogen) atoms. The van der Waals surface area contributed by atoms with E-state index in [-0.39, 0.29) is 0 Å². The molecule has 0 aliphatic rings. The van der Waals surface area contributed by atoms with Crippen LogP contribution in [0.15, 0.2) is 29.7 Å². The van der Waals surface area contributed by atoms with Crippen molar-refractivity contribution in [1.29, 1.82) is 0 Å². The van der Waals surface area contributed by atoms with Gasteiger partial charge < -0.3 is 4.84 Å². The zero-order chi connectivity index (χ0) is 7.23. The second-order valence-electron chi connectivity index (χ2n) is 1.70. The standard InChI is InChI=1S/C7H8N2O/c1-10-9-6-7-2-4-8-5-3-7/h2-6H,1H3. The molecule has 0 aliphatic heterocycles. The normalized spacial score (nSPS) is 10.1. The first-order valence-corrected chi connectivity index (χ1v) is 2.90. The minimum absolute atomic E-state index is 0.983. The molecule has 3 nitrogen and oxygen atoms in total. The average Bonchev–Trinajstić information content (AvgIpc) is 2.03. The molecule has 0 atom stereocenters. The van der Waals surface area contributed by atoms with E-state index in [4.69, 9.17) is 0 Å². The first-order valence-electron chi connectivity index (χ1n) is 2.90. The molecule has 0 bridgehead atoms. The first kappa shape index (κ1) is 6.74. The number of oxime groups is 1. The van der Waals surface area contributed by atoms with Crippen molar-refractivity contribution in [3.8, 4) is 0 Å². The Hall–Kier alpha value is -1.38. The maximum Gasteiger partial charge on any atom is 0.106 e. The summed E-state index contributed by atoms with van der Waals surface area (Å²) >= 11 is 0. The number of nitrogens with zero attached hydrogens (tertiary/aromatic N) is 2. The number of aromatic nitrogens is 1. The van der Waals surface area contributed by atoms with Crippen molar-refractivity contribution in [1.82, 2.24) is 4.98 Å². The molecule has 0 saturated heterocycles. The second-order valence-corrected chi connectivity index (χ2v) is 1.70. The molecule has 0 saturated carbocycles. The highest BCUT2D eigenvalue weighted by Gasteiger charge is 1.81. The summed E-state index contributed by atoms with van der Waals surface area (Å²) in [6.07, 6.45) is 5.04. The number of pyridine rings is 1. The van der Waals surface area contributed by atoms with E-state index >= 15 is 0 Å². The topological polar surface area (TPSA) is 34.5 Å². The van der Waals surface area contributed by atoms with Gasteiger partial charge in [-0.3, -0.25) is 4.98 Å². The number of hydrogen-bond donors (Lipinski definition) is 0. The van der Waals surface area contributed by atoms with Crippen LogP contribution in [0.5, 0.6) is 0 Å². The molecule has 1 rings (SSSR count). The van der Waals surface area contributed by atoms with Gasteiger partial charge in [0.25, 0.3) is 0 Å². The highest BCUT2D eigenvalue weighted by molar-refractivity contribution is 5.78. The lowest BCUT2D eigenvalue weighted by Crippen LogP contribution is -1.80. The quantitative estimate of drug-likeness (QED) is 0.450. The summed E-state index contributed by atoms with van der Waals surface area (Å²) in [6.45, 7) is 0. The molecule has 0 radical (unpaired) electrons. The lowest BCUT2D eigenvalue weighted by atomic mass is 10.3. The molecule has 1 heterocycles. The smallest absolute Gasteiger partial charge is 0.106 e. The van der Waals surface area contributed by atoms with E-state index < -0.39 is 0 Å².